The normalized spacial score (nSPS) is 13.2. The lowest BCUT2D eigenvalue weighted by molar-refractivity contribution is 0.543. The molecule has 2 nitrogen and oxygen atoms in total. The zero-order chi connectivity index (χ0) is 8.81. The molecule has 0 amide bonds. The molecule has 1 rings (SSSR count). The number of rotatable bonds is 5. The van der Waals surface area contributed by atoms with Gasteiger partial charge in [0.15, 0.2) is 0 Å². The van der Waals surface area contributed by atoms with Crippen molar-refractivity contribution in [3.8, 4) is 0 Å². The van der Waals surface area contributed by atoms with E-state index in [-0.39, 0.29) is 0 Å². The van der Waals surface area contributed by atoms with E-state index in [0.717, 1.165) is 13.1 Å². The number of thiophene rings is 1. The van der Waals surface area contributed by atoms with Crippen molar-refractivity contribution in [1.82, 2.24) is 10.6 Å². The Morgan fingerprint density at radius 1 is 1.58 bits per heavy atom. The van der Waals surface area contributed by atoms with Gasteiger partial charge in [-0.2, -0.15) is 0 Å². The van der Waals surface area contributed by atoms with E-state index in [1.807, 2.05) is 7.05 Å². The fraction of sp³-hybridized carbons (Fsp3) is 0.556. The summed E-state index contributed by atoms with van der Waals surface area (Å²) in [6.07, 6.45) is 0. The van der Waals surface area contributed by atoms with Crippen molar-refractivity contribution in [2.75, 3.05) is 13.6 Å². The Morgan fingerprint density at radius 2 is 2.42 bits per heavy atom. The SMILES string of the molecule is CNC(C)CNCc1cccs1. The zero-order valence-corrected chi connectivity index (χ0v) is 8.45. The molecule has 0 aliphatic rings. The van der Waals surface area contributed by atoms with Gasteiger partial charge in [-0.3, -0.25) is 0 Å². The van der Waals surface area contributed by atoms with Crippen molar-refractivity contribution < 1.29 is 0 Å². The second kappa shape index (κ2) is 5.30. The van der Waals surface area contributed by atoms with Gasteiger partial charge in [0.2, 0.25) is 0 Å². The highest BCUT2D eigenvalue weighted by atomic mass is 32.1. The van der Waals surface area contributed by atoms with Crippen LogP contribution < -0.4 is 10.6 Å². The average Bonchev–Trinajstić information content (AvgIpc) is 2.57. The number of hydrogen-bond acceptors (Lipinski definition) is 3. The summed E-state index contributed by atoms with van der Waals surface area (Å²) < 4.78 is 0. The molecule has 0 fully saturated rings. The van der Waals surface area contributed by atoms with Crippen molar-refractivity contribution in [2.45, 2.75) is 19.5 Å². The molecular weight excluding hydrogens is 168 g/mol. The molecule has 1 aromatic rings. The fourth-order valence-electron chi connectivity index (χ4n) is 0.927. The topological polar surface area (TPSA) is 24.1 Å². The Morgan fingerprint density at radius 3 is 3.00 bits per heavy atom. The molecule has 3 heteroatoms. The molecule has 1 aromatic heterocycles. The largest absolute Gasteiger partial charge is 0.316 e. The highest BCUT2D eigenvalue weighted by Gasteiger charge is 1.97. The standard InChI is InChI=1S/C9H16N2S/c1-8(10-2)6-11-7-9-4-3-5-12-9/h3-5,8,10-11H,6-7H2,1-2H3. The van der Waals surface area contributed by atoms with Gasteiger partial charge < -0.3 is 10.6 Å². The third-order valence-corrected chi connectivity index (χ3v) is 2.70. The first-order valence-electron chi connectivity index (χ1n) is 4.23. The lowest BCUT2D eigenvalue weighted by Crippen LogP contribution is -2.33. The van der Waals surface area contributed by atoms with Crippen molar-refractivity contribution in [3.63, 3.8) is 0 Å². The van der Waals surface area contributed by atoms with Crippen LogP contribution >= 0.6 is 11.3 Å². The van der Waals surface area contributed by atoms with Crippen molar-refractivity contribution >= 4 is 11.3 Å². The van der Waals surface area contributed by atoms with Gasteiger partial charge in [-0.15, -0.1) is 11.3 Å². The molecule has 1 unspecified atom stereocenters. The van der Waals surface area contributed by atoms with Gasteiger partial charge in [-0.1, -0.05) is 6.07 Å². The molecular formula is C9H16N2S. The lowest BCUT2D eigenvalue weighted by Gasteiger charge is -2.10. The highest BCUT2D eigenvalue weighted by molar-refractivity contribution is 7.09. The molecule has 12 heavy (non-hydrogen) atoms. The monoisotopic (exact) mass is 184 g/mol. The number of hydrogen-bond donors (Lipinski definition) is 2. The molecule has 68 valence electrons. The third-order valence-electron chi connectivity index (χ3n) is 1.82. The molecule has 0 aromatic carbocycles. The van der Waals surface area contributed by atoms with E-state index in [2.05, 4.69) is 35.1 Å². The molecule has 0 saturated carbocycles. The van der Waals surface area contributed by atoms with E-state index >= 15 is 0 Å². The van der Waals surface area contributed by atoms with E-state index in [4.69, 9.17) is 0 Å². The quantitative estimate of drug-likeness (QED) is 0.723. The minimum Gasteiger partial charge on any atom is -0.316 e. The van der Waals surface area contributed by atoms with Crippen LogP contribution in [-0.4, -0.2) is 19.6 Å². The molecule has 1 atom stereocenters. The van der Waals surface area contributed by atoms with Gasteiger partial charge in [0.05, 0.1) is 0 Å². The average molecular weight is 184 g/mol. The predicted octanol–water partition coefficient (Wildman–Crippen LogP) is 1.45. The van der Waals surface area contributed by atoms with Crippen molar-refractivity contribution in [3.05, 3.63) is 22.4 Å². The second-order valence-corrected chi connectivity index (χ2v) is 3.93. The second-order valence-electron chi connectivity index (χ2n) is 2.90. The van der Waals surface area contributed by atoms with Crippen LogP contribution in [0.25, 0.3) is 0 Å². The van der Waals surface area contributed by atoms with Gasteiger partial charge in [-0.25, -0.2) is 0 Å². The summed E-state index contributed by atoms with van der Waals surface area (Å²) in [7, 11) is 1.98. The molecule has 0 saturated heterocycles. The van der Waals surface area contributed by atoms with E-state index in [9.17, 15) is 0 Å². The van der Waals surface area contributed by atoms with Crippen LogP contribution in [0.1, 0.15) is 11.8 Å². The van der Waals surface area contributed by atoms with Crippen LogP contribution in [0.5, 0.6) is 0 Å². The van der Waals surface area contributed by atoms with Crippen LogP contribution in [0.4, 0.5) is 0 Å². The van der Waals surface area contributed by atoms with E-state index in [0.29, 0.717) is 6.04 Å². The summed E-state index contributed by atoms with van der Waals surface area (Å²) in [5.41, 5.74) is 0. The molecule has 0 bridgehead atoms. The maximum Gasteiger partial charge on any atom is 0.0300 e. The van der Waals surface area contributed by atoms with Crippen LogP contribution in [0.2, 0.25) is 0 Å². The fourth-order valence-corrected chi connectivity index (χ4v) is 1.60. The number of likely N-dealkylation sites (N-methyl/N-ethyl adjacent to an activating group) is 1. The molecule has 0 aliphatic heterocycles. The maximum atomic E-state index is 3.39. The minimum atomic E-state index is 0.546. The Hall–Kier alpha value is -0.380. The van der Waals surface area contributed by atoms with Gasteiger partial charge >= 0.3 is 0 Å². The first kappa shape index (κ1) is 9.71. The molecule has 0 radical (unpaired) electrons. The Bertz CT molecular complexity index is 196. The lowest BCUT2D eigenvalue weighted by atomic mass is 10.3. The van der Waals surface area contributed by atoms with Crippen molar-refractivity contribution in [1.29, 1.82) is 0 Å². The highest BCUT2D eigenvalue weighted by Crippen LogP contribution is 2.06. The van der Waals surface area contributed by atoms with Crippen LogP contribution in [0, 0.1) is 0 Å². The summed E-state index contributed by atoms with van der Waals surface area (Å²) >= 11 is 1.80. The van der Waals surface area contributed by atoms with E-state index < -0.39 is 0 Å². The van der Waals surface area contributed by atoms with Gasteiger partial charge in [0.1, 0.15) is 0 Å². The van der Waals surface area contributed by atoms with E-state index in [1.54, 1.807) is 11.3 Å². The molecule has 1 heterocycles. The molecule has 0 aliphatic carbocycles. The maximum absolute atomic E-state index is 3.39. The molecule has 0 spiro atoms. The summed E-state index contributed by atoms with van der Waals surface area (Å²) in [5.74, 6) is 0. The first-order valence-corrected chi connectivity index (χ1v) is 5.11. The summed E-state index contributed by atoms with van der Waals surface area (Å²) in [4.78, 5) is 1.40. The van der Waals surface area contributed by atoms with Crippen LogP contribution in [0.3, 0.4) is 0 Å². The third kappa shape index (κ3) is 3.34. The van der Waals surface area contributed by atoms with Gasteiger partial charge in [-0.05, 0) is 25.4 Å². The number of nitrogens with one attached hydrogen (secondary N) is 2. The first-order chi connectivity index (χ1) is 5.83. The van der Waals surface area contributed by atoms with Gasteiger partial charge in [0, 0.05) is 24.0 Å². The summed E-state index contributed by atoms with van der Waals surface area (Å²) in [5, 5.41) is 8.68. The Labute approximate surface area is 78.0 Å². The van der Waals surface area contributed by atoms with Gasteiger partial charge in [0.25, 0.3) is 0 Å². The summed E-state index contributed by atoms with van der Waals surface area (Å²) in [6, 6.07) is 4.79. The minimum absolute atomic E-state index is 0.546. The van der Waals surface area contributed by atoms with Crippen molar-refractivity contribution in [2.24, 2.45) is 0 Å². The molecule has 2 N–H and O–H groups in total. The Balaban J connectivity index is 2.11. The Kier molecular flexibility index (Phi) is 4.29. The van der Waals surface area contributed by atoms with Crippen LogP contribution in [0.15, 0.2) is 17.5 Å². The smallest absolute Gasteiger partial charge is 0.0300 e. The van der Waals surface area contributed by atoms with E-state index in [1.165, 1.54) is 4.88 Å². The van der Waals surface area contributed by atoms with Crippen LogP contribution in [-0.2, 0) is 6.54 Å². The summed E-state index contributed by atoms with van der Waals surface area (Å²) in [6.45, 7) is 4.18. The zero-order valence-electron chi connectivity index (χ0n) is 7.63. The predicted molar refractivity (Wildman–Crippen MR) is 54.5 cm³/mol.